The summed E-state index contributed by atoms with van der Waals surface area (Å²) >= 11 is 0. The number of carbonyl (C=O) groups is 1. The van der Waals surface area contributed by atoms with Crippen molar-refractivity contribution in [1.82, 2.24) is 0 Å². The van der Waals surface area contributed by atoms with E-state index in [1.165, 1.54) is 0 Å². The lowest BCUT2D eigenvalue weighted by atomic mass is 10.0. The molecule has 0 spiro atoms. The Morgan fingerprint density at radius 2 is 2.00 bits per heavy atom. The Balaban J connectivity index is 0.00000289. The lowest BCUT2D eigenvalue weighted by Crippen LogP contribution is -3.00. The fourth-order valence-corrected chi connectivity index (χ4v) is 4.43. The van der Waals surface area contributed by atoms with Crippen LogP contribution < -0.4 is 17.7 Å². The second-order valence-corrected chi connectivity index (χ2v) is 7.38. The number of hydrogen-bond donors (Lipinski definition) is 2. The number of carboxylic acids is 1. The van der Waals surface area contributed by atoms with Crippen molar-refractivity contribution >= 4 is 15.8 Å². The van der Waals surface area contributed by atoms with Crippen molar-refractivity contribution in [2.45, 2.75) is 44.6 Å². The number of aliphatic carboxylic acids is 1. The molecule has 0 saturated carbocycles. The van der Waals surface area contributed by atoms with Crippen LogP contribution in [0.4, 0.5) is 0 Å². The van der Waals surface area contributed by atoms with Crippen molar-refractivity contribution < 1.29 is 36.0 Å². The van der Waals surface area contributed by atoms with E-state index in [4.69, 9.17) is 5.11 Å². The Kier molecular flexibility index (Phi) is 7.17. The Labute approximate surface area is 115 Å². The molecule has 1 heterocycles. The van der Waals surface area contributed by atoms with Crippen LogP contribution >= 0.6 is 0 Å². The lowest BCUT2D eigenvalue weighted by molar-refractivity contribution is -0.718. The highest BCUT2D eigenvalue weighted by Crippen LogP contribution is 2.18. The summed E-state index contributed by atoms with van der Waals surface area (Å²) in [4.78, 5) is 10.3. The third-order valence-corrected chi connectivity index (χ3v) is 5.19. The number of rotatable bonds is 7. The van der Waals surface area contributed by atoms with Crippen LogP contribution in [0.1, 0.15) is 39.0 Å². The zero-order chi connectivity index (χ0) is 12.9. The summed E-state index contributed by atoms with van der Waals surface area (Å²) in [6, 6.07) is 0. The molecule has 3 N–H and O–H groups in total. The zero-order valence-corrected chi connectivity index (χ0v) is 12.3. The van der Waals surface area contributed by atoms with Gasteiger partial charge in [0.1, 0.15) is 11.3 Å². The number of carboxylic acid groups (broad SMARTS) is 1. The van der Waals surface area contributed by atoms with Gasteiger partial charge in [0, 0.05) is 12.8 Å². The molecule has 7 heteroatoms. The van der Waals surface area contributed by atoms with Gasteiger partial charge in [-0.25, -0.2) is 8.42 Å². The molecular formula is C11H22ClNO4S. The van der Waals surface area contributed by atoms with Gasteiger partial charge < -0.3 is 22.8 Å². The van der Waals surface area contributed by atoms with Crippen molar-refractivity contribution in [2.75, 3.05) is 18.1 Å². The molecule has 0 amide bonds. The van der Waals surface area contributed by atoms with Gasteiger partial charge in [-0.15, -0.1) is 0 Å². The summed E-state index contributed by atoms with van der Waals surface area (Å²) in [6.07, 6.45) is 3.50. The Bertz CT molecular complexity index is 371. The van der Waals surface area contributed by atoms with E-state index in [1.54, 1.807) is 0 Å². The smallest absolute Gasteiger partial charge is 0.303 e. The largest absolute Gasteiger partial charge is 1.00 e. The number of hydrogen-bond acceptors (Lipinski definition) is 3. The van der Waals surface area contributed by atoms with Gasteiger partial charge in [0.25, 0.3) is 0 Å². The third kappa shape index (κ3) is 6.56. The SMILES string of the molecule is CC1([NH2+]CCCCCC(=O)O)CCS(=O)(=O)C1.[Cl-]. The third-order valence-electron chi connectivity index (χ3n) is 3.27. The minimum atomic E-state index is -2.82. The van der Waals surface area contributed by atoms with Gasteiger partial charge in [0.05, 0.1) is 12.3 Å². The molecule has 1 fully saturated rings. The van der Waals surface area contributed by atoms with E-state index in [2.05, 4.69) is 5.32 Å². The molecule has 0 aromatic carbocycles. The average molecular weight is 300 g/mol. The molecule has 5 nitrogen and oxygen atoms in total. The van der Waals surface area contributed by atoms with Gasteiger partial charge in [-0.2, -0.15) is 0 Å². The molecule has 0 aromatic rings. The molecule has 18 heavy (non-hydrogen) atoms. The normalized spacial score (nSPS) is 25.6. The standard InChI is InChI=1S/C11H21NO4S.ClH/c1-11(6-8-17(15,16)9-11)12-7-4-2-3-5-10(13)14;/h12H,2-9H2,1H3,(H,13,14);1H. The number of sulfone groups is 1. The van der Waals surface area contributed by atoms with Crippen molar-refractivity contribution in [2.24, 2.45) is 0 Å². The first-order chi connectivity index (χ1) is 7.83. The van der Waals surface area contributed by atoms with E-state index >= 15 is 0 Å². The predicted octanol–water partition coefficient (Wildman–Crippen LogP) is -3.22. The molecule has 1 rings (SSSR count). The molecule has 1 saturated heterocycles. The summed E-state index contributed by atoms with van der Waals surface area (Å²) in [7, 11) is -2.82. The van der Waals surface area contributed by atoms with Gasteiger partial charge in [-0.1, -0.05) is 0 Å². The van der Waals surface area contributed by atoms with E-state index < -0.39 is 15.8 Å². The van der Waals surface area contributed by atoms with Gasteiger partial charge >= 0.3 is 5.97 Å². The summed E-state index contributed by atoms with van der Waals surface area (Å²) in [6.45, 7) is 2.88. The second-order valence-electron chi connectivity index (χ2n) is 5.19. The van der Waals surface area contributed by atoms with Gasteiger partial charge in [0.2, 0.25) is 0 Å². The van der Waals surface area contributed by atoms with E-state index in [9.17, 15) is 13.2 Å². The summed E-state index contributed by atoms with van der Waals surface area (Å²) in [5.74, 6) is -0.170. The molecule has 108 valence electrons. The van der Waals surface area contributed by atoms with Crippen molar-refractivity contribution in [3.05, 3.63) is 0 Å². The highest BCUT2D eigenvalue weighted by Gasteiger charge is 2.41. The first kappa shape index (κ1) is 17.7. The number of unbranched alkanes of at least 4 members (excludes halogenated alkanes) is 2. The Morgan fingerprint density at radius 1 is 1.33 bits per heavy atom. The van der Waals surface area contributed by atoms with Crippen LogP contribution in [-0.2, 0) is 14.6 Å². The average Bonchev–Trinajstić information content (AvgIpc) is 2.47. The maximum Gasteiger partial charge on any atom is 0.303 e. The quantitative estimate of drug-likeness (QED) is 0.484. The summed E-state index contributed by atoms with van der Waals surface area (Å²) in [5.41, 5.74) is -0.161. The van der Waals surface area contributed by atoms with Crippen LogP contribution in [0.15, 0.2) is 0 Å². The fraction of sp³-hybridized carbons (Fsp3) is 0.909. The molecule has 1 atom stereocenters. The van der Waals surface area contributed by atoms with Crippen LogP contribution in [0, 0.1) is 0 Å². The topological polar surface area (TPSA) is 88.0 Å². The van der Waals surface area contributed by atoms with E-state index in [0.717, 1.165) is 25.8 Å². The van der Waals surface area contributed by atoms with Crippen molar-refractivity contribution in [1.29, 1.82) is 0 Å². The zero-order valence-electron chi connectivity index (χ0n) is 10.7. The maximum atomic E-state index is 11.4. The monoisotopic (exact) mass is 299 g/mol. The van der Waals surface area contributed by atoms with Crippen molar-refractivity contribution in [3.63, 3.8) is 0 Å². The van der Waals surface area contributed by atoms with Crippen LogP contribution in [0.3, 0.4) is 0 Å². The molecule has 1 aliphatic rings. The summed E-state index contributed by atoms with van der Waals surface area (Å²) in [5, 5.41) is 10.6. The van der Waals surface area contributed by atoms with Crippen LogP contribution in [0.5, 0.6) is 0 Å². The van der Waals surface area contributed by atoms with E-state index in [-0.39, 0.29) is 30.1 Å². The van der Waals surface area contributed by atoms with Gasteiger partial charge in [0.15, 0.2) is 9.84 Å². The number of nitrogens with two attached hydrogens (primary N) is 1. The Morgan fingerprint density at radius 3 is 2.50 bits per heavy atom. The van der Waals surface area contributed by atoms with Gasteiger partial charge in [-0.3, -0.25) is 4.79 Å². The highest BCUT2D eigenvalue weighted by atomic mass is 35.5. The summed E-state index contributed by atoms with van der Waals surface area (Å²) < 4.78 is 22.7. The first-order valence-corrected chi connectivity index (χ1v) is 7.92. The second kappa shape index (κ2) is 7.31. The van der Waals surface area contributed by atoms with E-state index in [1.807, 2.05) is 6.92 Å². The maximum absolute atomic E-state index is 11.4. The molecule has 0 radical (unpaired) electrons. The van der Waals surface area contributed by atoms with Crippen molar-refractivity contribution in [3.8, 4) is 0 Å². The lowest BCUT2D eigenvalue weighted by Gasteiger charge is -2.19. The minimum Gasteiger partial charge on any atom is -1.00 e. The fourth-order valence-electron chi connectivity index (χ4n) is 2.24. The molecule has 1 unspecified atom stereocenters. The van der Waals surface area contributed by atoms with Gasteiger partial charge in [-0.05, 0) is 26.2 Å². The minimum absolute atomic E-state index is 0. The molecular weight excluding hydrogens is 278 g/mol. The molecule has 0 aromatic heterocycles. The number of quaternary nitrogens is 1. The van der Waals surface area contributed by atoms with Crippen LogP contribution in [-0.4, -0.2) is 43.1 Å². The van der Waals surface area contributed by atoms with Crippen LogP contribution in [0.2, 0.25) is 0 Å². The molecule has 0 aliphatic carbocycles. The Hall–Kier alpha value is -0.330. The van der Waals surface area contributed by atoms with Crippen LogP contribution in [0.25, 0.3) is 0 Å². The van der Waals surface area contributed by atoms with E-state index in [0.29, 0.717) is 12.2 Å². The molecule has 0 bridgehead atoms. The first-order valence-electron chi connectivity index (χ1n) is 6.10. The number of halogens is 1. The highest BCUT2D eigenvalue weighted by molar-refractivity contribution is 7.91. The molecule has 1 aliphatic heterocycles. The predicted molar refractivity (Wildman–Crippen MR) is 64.6 cm³/mol.